The van der Waals surface area contributed by atoms with E-state index in [9.17, 15) is 4.79 Å². The quantitative estimate of drug-likeness (QED) is 0.738. The lowest BCUT2D eigenvalue weighted by Crippen LogP contribution is -2.32. The Labute approximate surface area is 99.2 Å². The van der Waals surface area contributed by atoms with E-state index in [1.54, 1.807) is 11.3 Å². The van der Waals surface area contributed by atoms with Crippen molar-refractivity contribution in [2.75, 3.05) is 18.1 Å². The fourth-order valence-corrected chi connectivity index (χ4v) is 2.43. The second-order valence-electron chi connectivity index (χ2n) is 3.94. The lowest BCUT2D eigenvalue weighted by atomic mass is 10.5. The third kappa shape index (κ3) is 2.72. The molecule has 4 nitrogen and oxygen atoms in total. The minimum Gasteiger partial charge on any atom is -0.465 e. The molecular formula is C11H16N2O2S. The molecule has 0 saturated heterocycles. The number of anilines is 1. The maximum atomic E-state index is 11.5. The van der Waals surface area contributed by atoms with Crippen LogP contribution in [0, 0.1) is 6.92 Å². The summed E-state index contributed by atoms with van der Waals surface area (Å²) >= 11 is 1.59. The lowest BCUT2D eigenvalue weighted by molar-refractivity contribution is -0.141. The summed E-state index contributed by atoms with van der Waals surface area (Å²) in [7, 11) is 0. The molecule has 1 aliphatic rings. The van der Waals surface area contributed by atoms with Crippen molar-refractivity contribution in [3.05, 3.63) is 11.1 Å². The number of carbonyl (C=O) groups excluding carboxylic acids is 1. The van der Waals surface area contributed by atoms with E-state index < -0.39 is 0 Å². The highest BCUT2D eigenvalue weighted by atomic mass is 32.1. The number of ether oxygens (including phenoxy) is 1. The van der Waals surface area contributed by atoms with Gasteiger partial charge in [0.25, 0.3) is 0 Å². The first kappa shape index (κ1) is 11.4. The highest BCUT2D eigenvalue weighted by molar-refractivity contribution is 7.13. The molecule has 1 aliphatic carbocycles. The molecule has 0 N–H and O–H groups in total. The summed E-state index contributed by atoms with van der Waals surface area (Å²) in [5.41, 5.74) is 1.01. The van der Waals surface area contributed by atoms with Crippen LogP contribution >= 0.6 is 11.3 Å². The molecule has 0 unspecified atom stereocenters. The molecule has 0 amide bonds. The maximum Gasteiger partial charge on any atom is 0.325 e. The summed E-state index contributed by atoms with van der Waals surface area (Å²) in [4.78, 5) is 18.0. The Hall–Kier alpha value is -1.10. The third-order valence-corrected chi connectivity index (χ3v) is 3.44. The second-order valence-corrected chi connectivity index (χ2v) is 4.77. The molecule has 16 heavy (non-hydrogen) atoms. The number of aromatic nitrogens is 1. The fraction of sp³-hybridized carbons (Fsp3) is 0.636. The molecule has 0 spiro atoms. The van der Waals surface area contributed by atoms with Crippen LogP contribution in [-0.2, 0) is 9.53 Å². The van der Waals surface area contributed by atoms with Gasteiger partial charge >= 0.3 is 5.97 Å². The van der Waals surface area contributed by atoms with Gasteiger partial charge in [0.05, 0.1) is 12.3 Å². The fourth-order valence-electron chi connectivity index (χ4n) is 1.56. The molecule has 0 aromatic carbocycles. The van der Waals surface area contributed by atoms with Crippen LogP contribution in [-0.4, -0.2) is 30.1 Å². The van der Waals surface area contributed by atoms with E-state index in [0.29, 0.717) is 19.2 Å². The average molecular weight is 240 g/mol. The van der Waals surface area contributed by atoms with Gasteiger partial charge in [-0.25, -0.2) is 4.98 Å². The topological polar surface area (TPSA) is 42.4 Å². The summed E-state index contributed by atoms with van der Waals surface area (Å²) in [6.45, 7) is 4.56. The van der Waals surface area contributed by atoms with Gasteiger partial charge in [0.1, 0.15) is 6.54 Å². The van der Waals surface area contributed by atoms with Crippen molar-refractivity contribution >= 4 is 22.4 Å². The molecule has 1 heterocycles. The first-order valence-corrected chi connectivity index (χ1v) is 6.43. The number of hydrogen-bond donors (Lipinski definition) is 0. The lowest BCUT2D eigenvalue weighted by Gasteiger charge is -2.19. The van der Waals surface area contributed by atoms with Gasteiger partial charge in [-0.3, -0.25) is 4.79 Å². The van der Waals surface area contributed by atoms with E-state index in [0.717, 1.165) is 23.7 Å². The zero-order valence-corrected chi connectivity index (χ0v) is 10.4. The van der Waals surface area contributed by atoms with Gasteiger partial charge in [0.15, 0.2) is 5.13 Å². The Bertz CT molecular complexity index is 374. The number of carbonyl (C=O) groups is 1. The minimum atomic E-state index is -0.165. The third-order valence-electron chi connectivity index (χ3n) is 2.45. The van der Waals surface area contributed by atoms with E-state index in [4.69, 9.17) is 4.74 Å². The van der Waals surface area contributed by atoms with E-state index >= 15 is 0 Å². The number of nitrogens with zero attached hydrogens (tertiary/aromatic N) is 2. The molecule has 1 aromatic heterocycles. The molecule has 0 aliphatic heterocycles. The summed E-state index contributed by atoms with van der Waals surface area (Å²) in [5.74, 6) is -0.165. The Morgan fingerprint density at radius 2 is 2.44 bits per heavy atom. The van der Waals surface area contributed by atoms with Crippen molar-refractivity contribution in [1.29, 1.82) is 0 Å². The zero-order valence-electron chi connectivity index (χ0n) is 9.60. The molecule has 0 radical (unpaired) electrons. The number of aryl methyl sites for hydroxylation is 1. The summed E-state index contributed by atoms with van der Waals surface area (Å²) < 4.78 is 4.97. The van der Waals surface area contributed by atoms with Gasteiger partial charge in [-0.2, -0.15) is 0 Å². The van der Waals surface area contributed by atoms with Crippen LogP contribution in [0.25, 0.3) is 0 Å². The summed E-state index contributed by atoms with van der Waals surface area (Å²) in [6.07, 6.45) is 2.30. The second kappa shape index (κ2) is 4.82. The Kier molecular flexibility index (Phi) is 3.43. The van der Waals surface area contributed by atoms with Gasteiger partial charge in [0.2, 0.25) is 0 Å². The standard InChI is InChI=1S/C11H16N2O2S/c1-3-15-10(14)6-13(9-4-5-9)11-12-8(2)7-16-11/h7,9H,3-6H2,1-2H3. The highest BCUT2D eigenvalue weighted by Gasteiger charge is 2.32. The predicted octanol–water partition coefficient (Wildman–Crippen LogP) is 1.98. The molecule has 1 saturated carbocycles. The molecule has 5 heteroatoms. The SMILES string of the molecule is CCOC(=O)CN(c1nc(C)cs1)C1CC1. The van der Waals surface area contributed by atoms with Gasteiger partial charge in [-0.1, -0.05) is 0 Å². The molecule has 1 aromatic rings. The average Bonchev–Trinajstić information content (AvgIpc) is 2.98. The maximum absolute atomic E-state index is 11.5. The monoisotopic (exact) mass is 240 g/mol. The van der Waals surface area contributed by atoms with Crippen molar-refractivity contribution in [3.8, 4) is 0 Å². The van der Waals surface area contributed by atoms with Gasteiger partial charge in [-0.05, 0) is 26.7 Å². The molecule has 88 valence electrons. The molecule has 1 fully saturated rings. The van der Waals surface area contributed by atoms with E-state index in [1.807, 2.05) is 19.2 Å². The van der Waals surface area contributed by atoms with Crippen LogP contribution in [0.3, 0.4) is 0 Å². The van der Waals surface area contributed by atoms with Crippen molar-refractivity contribution in [1.82, 2.24) is 4.98 Å². The highest BCUT2D eigenvalue weighted by Crippen LogP contribution is 2.33. The van der Waals surface area contributed by atoms with E-state index in [1.165, 1.54) is 0 Å². The molecule has 2 rings (SSSR count). The van der Waals surface area contributed by atoms with Gasteiger partial charge in [0, 0.05) is 11.4 Å². The van der Waals surface area contributed by atoms with Crippen molar-refractivity contribution < 1.29 is 9.53 Å². The molecular weight excluding hydrogens is 224 g/mol. The normalized spacial score (nSPS) is 14.9. The van der Waals surface area contributed by atoms with E-state index in [2.05, 4.69) is 9.88 Å². The largest absolute Gasteiger partial charge is 0.465 e. The molecule has 0 atom stereocenters. The first-order chi connectivity index (χ1) is 7.70. The van der Waals surface area contributed by atoms with Crippen LogP contribution in [0.15, 0.2) is 5.38 Å². The van der Waals surface area contributed by atoms with Crippen LogP contribution in [0.1, 0.15) is 25.5 Å². The van der Waals surface area contributed by atoms with Crippen LogP contribution in [0.5, 0.6) is 0 Å². The summed E-state index contributed by atoms with van der Waals surface area (Å²) in [5, 5.41) is 2.95. The van der Waals surface area contributed by atoms with Gasteiger partial charge in [-0.15, -0.1) is 11.3 Å². The smallest absolute Gasteiger partial charge is 0.325 e. The first-order valence-electron chi connectivity index (χ1n) is 5.55. The Balaban J connectivity index is 2.03. The Morgan fingerprint density at radius 1 is 1.69 bits per heavy atom. The van der Waals surface area contributed by atoms with Crippen molar-refractivity contribution in [2.45, 2.75) is 32.7 Å². The minimum absolute atomic E-state index is 0.165. The van der Waals surface area contributed by atoms with Crippen LogP contribution in [0.4, 0.5) is 5.13 Å². The molecule has 0 bridgehead atoms. The predicted molar refractivity (Wildman–Crippen MR) is 63.9 cm³/mol. The summed E-state index contributed by atoms with van der Waals surface area (Å²) in [6, 6.07) is 0.481. The number of rotatable bonds is 5. The van der Waals surface area contributed by atoms with Crippen LogP contribution < -0.4 is 4.90 Å². The van der Waals surface area contributed by atoms with Crippen molar-refractivity contribution in [3.63, 3.8) is 0 Å². The number of esters is 1. The van der Waals surface area contributed by atoms with Crippen molar-refractivity contribution in [2.24, 2.45) is 0 Å². The van der Waals surface area contributed by atoms with E-state index in [-0.39, 0.29) is 5.97 Å². The number of hydrogen-bond acceptors (Lipinski definition) is 5. The van der Waals surface area contributed by atoms with Crippen LogP contribution in [0.2, 0.25) is 0 Å². The van der Waals surface area contributed by atoms with Gasteiger partial charge < -0.3 is 9.64 Å². The number of thiazole rings is 1. The Morgan fingerprint density at radius 3 is 2.94 bits per heavy atom. The zero-order chi connectivity index (χ0) is 11.5.